The fraction of sp³-hybridized carbons (Fsp3) is 0.286. The number of aliphatic carboxylic acids is 1. The van der Waals surface area contributed by atoms with Crippen LogP contribution in [0.3, 0.4) is 0 Å². The van der Waals surface area contributed by atoms with Gasteiger partial charge in [0.05, 0.1) is 6.54 Å². The molecular weight excluding hydrogens is 290 g/mol. The number of amides is 1. The van der Waals surface area contributed by atoms with Crippen LogP contribution in [0.2, 0.25) is 0 Å². The van der Waals surface area contributed by atoms with Crippen LogP contribution in [0.1, 0.15) is 16.2 Å². The SMILES string of the molecule is COC(CNC(=O)c1ccc(-c2nnc(C)o2)cc1)C(=O)O. The molecule has 0 bridgehead atoms. The lowest BCUT2D eigenvalue weighted by Gasteiger charge is -2.11. The fourth-order valence-electron chi connectivity index (χ4n) is 1.74. The number of carbonyl (C=O) groups excluding carboxylic acids is 1. The summed E-state index contributed by atoms with van der Waals surface area (Å²) in [4.78, 5) is 22.7. The van der Waals surface area contributed by atoms with Crippen LogP contribution in [0.5, 0.6) is 0 Å². The Bertz CT molecular complexity index is 665. The molecule has 0 radical (unpaired) electrons. The maximum atomic E-state index is 11.9. The smallest absolute Gasteiger partial charge is 0.334 e. The van der Waals surface area contributed by atoms with Gasteiger partial charge in [-0.1, -0.05) is 0 Å². The number of methoxy groups -OCH3 is 1. The Kier molecular flexibility index (Phi) is 4.84. The van der Waals surface area contributed by atoms with Gasteiger partial charge in [-0.2, -0.15) is 0 Å². The number of carboxylic acids is 1. The Morgan fingerprint density at radius 2 is 2.00 bits per heavy atom. The first-order chi connectivity index (χ1) is 10.5. The third kappa shape index (κ3) is 3.67. The van der Waals surface area contributed by atoms with Crippen LogP contribution in [0.4, 0.5) is 0 Å². The molecule has 0 fully saturated rings. The van der Waals surface area contributed by atoms with Crippen molar-refractivity contribution in [2.24, 2.45) is 0 Å². The Morgan fingerprint density at radius 1 is 1.32 bits per heavy atom. The zero-order valence-electron chi connectivity index (χ0n) is 12.1. The number of aryl methyl sites for hydroxylation is 1. The molecule has 0 saturated carbocycles. The molecule has 0 aliphatic heterocycles. The molecule has 22 heavy (non-hydrogen) atoms. The zero-order chi connectivity index (χ0) is 16.1. The third-order valence-corrected chi connectivity index (χ3v) is 2.93. The molecule has 8 heteroatoms. The summed E-state index contributed by atoms with van der Waals surface area (Å²) >= 11 is 0. The van der Waals surface area contributed by atoms with Gasteiger partial charge < -0.3 is 19.6 Å². The molecule has 0 spiro atoms. The van der Waals surface area contributed by atoms with E-state index in [4.69, 9.17) is 14.3 Å². The molecule has 1 heterocycles. The van der Waals surface area contributed by atoms with Crippen LogP contribution in [-0.2, 0) is 9.53 Å². The Balaban J connectivity index is 2.01. The van der Waals surface area contributed by atoms with Gasteiger partial charge >= 0.3 is 5.97 Å². The number of benzene rings is 1. The van der Waals surface area contributed by atoms with Crippen molar-refractivity contribution in [1.82, 2.24) is 15.5 Å². The number of nitrogens with one attached hydrogen (secondary N) is 1. The van der Waals surface area contributed by atoms with Gasteiger partial charge in [-0.15, -0.1) is 10.2 Å². The molecular formula is C14H15N3O5. The third-order valence-electron chi connectivity index (χ3n) is 2.93. The number of ether oxygens (including phenoxy) is 1. The highest BCUT2D eigenvalue weighted by Crippen LogP contribution is 2.18. The van der Waals surface area contributed by atoms with Crippen LogP contribution >= 0.6 is 0 Å². The van der Waals surface area contributed by atoms with Gasteiger partial charge in [0.15, 0.2) is 6.10 Å². The molecule has 1 aromatic heterocycles. The summed E-state index contributed by atoms with van der Waals surface area (Å²) in [6.07, 6.45) is -1.08. The highest BCUT2D eigenvalue weighted by Gasteiger charge is 2.17. The maximum absolute atomic E-state index is 11.9. The van der Waals surface area contributed by atoms with E-state index < -0.39 is 18.0 Å². The summed E-state index contributed by atoms with van der Waals surface area (Å²) < 4.78 is 10.0. The van der Waals surface area contributed by atoms with Crippen LogP contribution < -0.4 is 5.32 Å². The van der Waals surface area contributed by atoms with E-state index in [2.05, 4.69) is 15.5 Å². The Labute approximate surface area is 126 Å². The van der Waals surface area contributed by atoms with Crippen molar-refractivity contribution in [2.75, 3.05) is 13.7 Å². The second-order valence-electron chi connectivity index (χ2n) is 4.48. The van der Waals surface area contributed by atoms with Crippen LogP contribution in [0.25, 0.3) is 11.5 Å². The minimum atomic E-state index is -1.13. The highest BCUT2D eigenvalue weighted by molar-refractivity contribution is 5.94. The van der Waals surface area contributed by atoms with Crippen LogP contribution in [-0.4, -0.2) is 46.9 Å². The molecule has 116 valence electrons. The minimum Gasteiger partial charge on any atom is -0.479 e. The van der Waals surface area contributed by atoms with Gasteiger partial charge in [-0.3, -0.25) is 4.79 Å². The molecule has 8 nitrogen and oxygen atoms in total. The maximum Gasteiger partial charge on any atom is 0.334 e. The Morgan fingerprint density at radius 3 is 2.50 bits per heavy atom. The largest absolute Gasteiger partial charge is 0.479 e. The molecule has 2 N–H and O–H groups in total. The lowest BCUT2D eigenvalue weighted by Crippen LogP contribution is -2.37. The van der Waals surface area contributed by atoms with Crippen LogP contribution in [0, 0.1) is 6.92 Å². The van der Waals surface area contributed by atoms with Gasteiger partial charge in [0.1, 0.15) is 0 Å². The summed E-state index contributed by atoms with van der Waals surface area (Å²) in [7, 11) is 1.27. The fourth-order valence-corrected chi connectivity index (χ4v) is 1.74. The Hall–Kier alpha value is -2.74. The number of hydrogen-bond acceptors (Lipinski definition) is 6. The molecule has 1 aromatic carbocycles. The number of rotatable bonds is 6. The molecule has 2 aromatic rings. The summed E-state index contributed by atoms with van der Waals surface area (Å²) in [6.45, 7) is 1.57. The molecule has 0 aliphatic rings. The predicted octanol–water partition coefficient (Wildman–Crippen LogP) is 0.874. The van der Waals surface area contributed by atoms with E-state index in [-0.39, 0.29) is 6.54 Å². The van der Waals surface area contributed by atoms with Gasteiger partial charge in [-0.25, -0.2) is 4.79 Å². The second kappa shape index (κ2) is 6.81. The summed E-state index contributed by atoms with van der Waals surface area (Å²) in [5.74, 6) is -0.702. The lowest BCUT2D eigenvalue weighted by atomic mass is 10.1. The number of hydrogen-bond donors (Lipinski definition) is 2. The number of carboxylic acid groups (broad SMARTS) is 1. The first-order valence-corrected chi connectivity index (χ1v) is 6.45. The van der Waals surface area contributed by atoms with Gasteiger partial charge in [0.2, 0.25) is 11.8 Å². The zero-order valence-corrected chi connectivity index (χ0v) is 12.1. The average molecular weight is 305 g/mol. The number of nitrogens with zero attached hydrogens (tertiary/aromatic N) is 2. The molecule has 1 atom stereocenters. The van der Waals surface area contributed by atoms with Gasteiger partial charge in [0.25, 0.3) is 5.91 Å². The van der Waals surface area contributed by atoms with Crippen molar-refractivity contribution in [3.63, 3.8) is 0 Å². The molecule has 1 unspecified atom stereocenters. The molecule has 0 saturated heterocycles. The van der Waals surface area contributed by atoms with E-state index in [1.165, 1.54) is 7.11 Å². The standard InChI is InChI=1S/C14H15N3O5/c1-8-16-17-13(22-8)10-5-3-9(4-6-10)12(18)15-7-11(21-2)14(19)20/h3-6,11H,7H2,1-2H3,(H,15,18)(H,19,20). The quantitative estimate of drug-likeness (QED) is 0.813. The first-order valence-electron chi connectivity index (χ1n) is 6.45. The van der Waals surface area contributed by atoms with Crippen molar-refractivity contribution < 1.29 is 23.8 Å². The number of aromatic nitrogens is 2. The van der Waals surface area contributed by atoms with E-state index in [0.29, 0.717) is 22.9 Å². The molecule has 2 rings (SSSR count). The van der Waals surface area contributed by atoms with E-state index >= 15 is 0 Å². The molecule has 0 aliphatic carbocycles. The molecule has 1 amide bonds. The van der Waals surface area contributed by atoms with E-state index in [0.717, 1.165) is 0 Å². The van der Waals surface area contributed by atoms with Crippen LogP contribution in [0.15, 0.2) is 28.7 Å². The first kappa shape index (κ1) is 15.6. The highest BCUT2D eigenvalue weighted by atomic mass is 16.5. The number of carbonyl (C=O) groups is 2. The van der Waals surface area contributed by atoms with Crippen molar-refractivity contribution in [3.8, 4) is 11.5 Å². The predicted molar refractivity (Wildman–Crippen MR) is 75.2 cm³/mol. The van der Waals surface area contributed by atoms with Crippen molar-refractivity contribution in [1.29, 1.82) is 0 Å². The normalized spacial score (nSPS) is 11.9. The van der Waals surface area contributed by atoms with Crippen molar-refractivity contribution in [3.05, 3.63) is 35.7 Å². The topological polar surface area (TPSA) is 115 Å². The minimum absolute atomic E-state index is 0.116. The average Bonchev–Trinajstić information content (AvgIpc) is 2.94. The van der Waals surface area contributed by atoms with E-state index in [1.807, 2.05) is 0 Å². The summed E-state index contributed by atoms with van der Waals surface area (Å²) in [6, 6.07) is 6.53. The van der Waals surface area contributed by atoms with Crippen molar-refractivity contribution in [2.45, 2.75) is 13.0 Å². The van der Waals surface area contributed by atoms with E-state index in [9.17, 15) is 9.59 Å². The summed E-state index contributed by atoms with van der Waals surface area (Å²) in [5.41, 5.74) is 1.08. The van der Waals surface area contributed by atoms with Gasteiger partial charge in [-0.05, 0) is 24.3 Å². The van der Waals surface area contributed by atoms with Crippen molar-refractivity contribution >= 4 is 11.9 Å². The summed E-state index contributed by atoms with van der Waals surface area (Å²) in [5, 5.41) is 18.9. The van der Waals surface area contributed by atoms with E-state index in [1.54, 1.807) is 31.2 Å². The van der Waals surface area contributed by atoms with Gasteiger partial charge in [0, 0.05) is 25.2 Å². The second-order valence-corrected chi connectivity index (χ2v) is 4.48. The lowest BCUT2D eigenvalue weighted by molar-refractivity contribution is -0.148. The monoisotopic (exact) mass is 305 g/mol.